The summed E-state index contributed by atoms with van der Waals surface area (Å²) in [6.45, 7) is 0. The molecule has 1 aliphatic carbocycles. The van der Waals surface area contributed by atoms with E-state index >= 15 is 0 Å². The summed E-state index contributed by atoms with van der Waals surface area (Å²) in [5.74, 6) is -0.728. The Kier molecular flexibility index (Phi) is 4.53. The maximum Gasteiger partial charge on any atom is 2.00 e. The maximum absolute atomic E-state index is 11.4. The van der Waals surface area contributed by atoms with Gasteiger partial charge in [-0.1, -0.05) is 24.3 Å². The van der Waals surface area contributed by atoms with E-state index in [0.717, 1.165) is 6.08 Å². The summed E-state index contributed by atoms with van der Waals surface area (Å²) >= 11 is 0. The summed E-state index contributed by atoms with van der Waals surface area (Å²) < 4.78 is 10.3. The number of fused-ring (bicyclic) bond motifs is 1. The van der Waals surface area contributed by atoms with Crippen LogP contribution in [-0.2, 0) is 28.1 Å². The van der Waals surface area contributed by atoms with Crippen LogP contribution in [0.1, 0.15) is 17.3 Å². The second-order valence-corrected chi connectivity index (χ2v) is 2.89. The predicted molar refractivity (Wildman–Crippen MR) is 56.6 cm³/mol. The van der Waals surface area contributed by atoms with Crippen molar-refractivity contribution in [1.29, 1.82) is 0 Å². The van der Waals surface area contributed by atoms with Gasteiger partial charge in [-0.3, -0.25) is 9.59 Å². The molecule has 0 spiro atoms. The molecule has 0 amide bonds. The number of carbonyl (C=O) groups is 2. The van der Waals surface area contributed by atoms with E-state index < -0.39 is 11.6 Å². The summed E-state index contributed by atoms with van der Waals surface area (Å²) in [6.07, 6.45) is 1.16. The maximum atomic E-state index is 11.4. The molecular formula is C12H10O3V. The molecule has 16 heavy (non-hydrogen) atoms. The monoisotopic (exact) mass is 255 g/mol. The summed E-state index contributed by atoms with van der Waals surface area (Å²) in [7, 11) is 5.74. The van der Waals surface area contributed by atoms with Gasteiger partial charge in [-0.05, 0) is 0 Å². The molecule has 0 saturated carbocycles. The van der Waals surface area contributed by atoms with Crippen molar-refractivity contribution >= 4 is 17.3 Å². The van der Waals surface area contributed by atoms with Gasteiger partial charge in [-0.2, -0.15) is 7.11 Å². The second kappa shape index (κ2) is 5.68. The van der Waals surface area contributed by atoms with Gasteiger partial charge in [0.05, 0.1) is 5.76 Å². The third kappa shape index (κ3) is 2.26. The minimum Gasteiger partial charge on any atom is -0.665 e. The summed E-state index contributed by atoms with van der Waals surface area (Å²) in [5, 5.41) is 0. The molecule has 1 aromatic carbocycles. The fourth-order valence-corrected chi connectivity index (χ4v) is 1.41. The average molecular weight is 255 g/mol. The van der Waals surface area contributed by atoms with Crippen molar-refractivity contribution in [3.05, 3.63) is 56.0 Å². The van der Waals surface area contributed by atoms with Crippen LogP contribution in [0, 0.1) is 14.5 Å². The van der Waals surface area contributed by atoms with E-state index in [1.54, 1.807) is 24.3 Å². The van der Waals surface area contributed by atoms with Gasteiger partial charge in [-0.15, -0.1) is 0 Å². The summed E-state index contributed by atoms with van der Waals surface area (Å²) in [6, 6.07) is 6.79. The van der Waals surface area contributed by atoms with E-state index in [2.05, 4.69) is 14.5 Å². The van der Waals surface area contributed by atoms with E-state index in [1.165, 1.54) is 0 Å². The van der Waals surface area contributed by atoms with E-state index in [0.29, 0.717) is 16.9 Å². The Hall–Kier alpha value is -1.32. The fraction of sp³-hybridized carbons (Fsp3) is 0. The van der Waals surface area contributed by atoms with Crippen LogP contribution < -0.4 is 0 Å². The molecule has 0 N–H and O–H groups in total. The Labute approximate surface area is 108 Å². The summed E-state index contributed by atoms with van der Waals surface area (Å²) in [5.41, 5.74) is 0.991. The van der Waals surface area contributed by atoms with Gasteiger partial charge < -0.3 is 12.1 Å². The first-order valence-electron chi connectivity index (χ1n) is 4.76. The molecule has 0 aliphatic heterocycles. The van der Waals surface area contributed by atoms with Crippen molar-refractivity contribution in [3.8, 4) is 0 Å². The van der Waals surface area contributed by atoms with Crippen LogP contribution in [0.15, 0.2) is 30.3 Å². The van der Waals surface area contributed by atoms with Crippen molar-refractivity contribution in [3.63, 3.8) is 0 Å². The van der Waals surface area contributed by atoms with Crippen molar-refractivity contribution in [1.82, 2.24) is 0 Å². The molecule has 3 nitrogen and oxygen atoms in total. The number of benzene rings is 1. The Morgan fingerprint density at radius 2 is 1.75 bits per heavy atom. The van der Waals surface area contributed by atoms with Gasteiger partial charge in [0.2, 0.25) is 11.6 Å². The third-order valence-electron chi connectivity index (χ3n) is 2.08. The van der Waals surface area contributed by atoms with Gasteiger partial charge in [0.1, 0.15) is 0 Å². The third-order valence-corrected chi connectivity index (χ3v) is 2.08. The largest absolute Gasteiger partial charge is 2.00 e. The van der Waals surface area contributed by atoms with Crippen LogP contribution in [0.2, 0.25) is 0 Å². The molecule has 81 valence electrons. The molecule has 4 heteroatoms. The zero-order chi connectivity index (χ0) is 12.1. The van der Waals surface area contributed by atoms with E-state index in [1.807, 2.05) is 0 Å². The first kappa shape index (κ1) is 12.8. The van der Waals surface area contributed by atoms with E-state index in [9.17, 15) is 9.59 Å². The van der Waals surface area contributed by atoms with Crippen molar-refractivity contribution in [2.45, 2.75) is 0 Å². The first-order valence-corrected chi connectivity index (χ1v) is 4.06. The normalized spacial score (nSPS) is 13.4. The number of allylic oxidation sites excluding steroid dienone is 1. The first-order chi connectivity index (χ1) is 7.74. The van der Waals surface area contributed by atoms with Crippen LogP contribution in [-0.4, -0.2) is 11.6 Å². The van der Waals surface area contributed by atoms with Gasteiger partial charge in [-0.25, -0.2) is 1.37 Å². The van der Waals surface area contributed by atoms with Crippen molar-refractivity contribution in [2.75, 3.05) is 0 Å². The minimum absolute atomic E-state index is 0. The van der Waals surface area contributed by atoms with E-state index in [4.69, 9.17) is 6.11 Å². The molecule has 0 aromatic heterocycles. The number of carbonyl (C=O) groups excluding carboxylic acids is 2. The molecule has 1 aromatic rings. The van der Waals surface area contributed by atoms with Gasteiger partial charge in [0, 0.05) is 17.2 Å². The zero-order valence-corrected chi connectivity index (χ0v) is 9.87. The van der Waals surface area contributed by atoms with Crippen LogP contribution in [0.4, 0.5) is 0 Å². The Bertz CT molecular complexity index is 455. The molecule has 0 saturated heterocycles. The number of hydrogen-bond donors (Lipinski definition) is 0. The Morgan fingerprint density at radius 3 is 2.31 bits per heavy atom. The average Bonchev–Trinajstić information content (AvgIpc) is 2.36. The molecule has 2 rings (SSSR count). The molecule has 0 bridgehead atoms. The molecule has 1 aliphatic rings. The quantitative estimate of drug-likeness (QED) is 0.569. The number of ether oxygens (including phenoxy) is 1. The van der Waals surface area contributed by atoms with Crippen molar-refractivity contribution < 1.29 is 34.3 Å². The van der Waals surface area contributed by atoms with Crippen LogP contribution in [0.3, 0.4) is 0 Å². The van der Waals surface area contributed by atoms with Gasteiger partial charge in [0.25, 0.3) is 0 Å². The molecule has 1 radical (unpaired) electrons. The number of hydrogen-bond acceptors (Lipinski definition) is 3. The molecule has 0 unspecified atom stereocenters. The Morgan fingerprint density at radius 1 is 1.19 bits per heavy atom. The second-order valence-electron chi connectivity index (χ2n) is 2.89. The van der Waals surface area contributed by atoms with E-state index in [-0.39, 0.29) is 18.6 Å². The minimum atomic E-state index is -0.567. The molecular weight excluding hydrogens is 243 g/mol. The van der Waals surface area contributed by atoms with Crippen LogP contribution in [0.5, 0.6) is 0 Å². The van der Waals surface area contributed by atoms with Crippen LogP contribution >= 0.6 is 0 Å². The Balaban J connectivity index is 0.000000811. The summed E-state index contributed by atoms with van der Waals surface area (Å²) in [4.78, 5) is 22.6. The smallest absolute Gasteiger partial charge is 0.665 e. The SMILES string of the molecule is [3H][CH2-].[CH2-]OC1=CC(=O)C(=O)c2ccccc21.[V+2]. The van der Waals surface area contributed by atoms with Gasteiger partial charge in [0.15, 0.2) is 0 Å². The number of rotatable bonds is 1. The topological polar surface area (TPSA) is 43.4 Å². The van der Waals surface area contributed by atoms with Gasteiger partial charge >= 0.3 is 18.6 Å². The predicted octanol–water partition coefficient (Wildman–Crippen LogP) is 2.05. The standard InChI is InChI=1S/C11H7O3.CH3.V/c1-14-10-6-9(12)11(13)8-5-3-2-4-7(8)10;;/h2-6H,1H2;1H3;/q2*-1;+2/i;1T;. The molecule has 0 heterocycles. The van der Waals surface area contributed by atoms with Crippen LogP contribution in [0.25, 0.3) is 5.76 Å². The number of ketones is 2. The molecule has 0 atom stereocenters. The van der Waals surface area contributed by atoms with Crippen molar-refractivity contribution in [2.24, 2.45) is 0 Å². The fourth-order valence-electron chi connectivity index (χ4n) is 1.41. The molecule has 0 fully saturated rings. The number of Topliss-reactive ketones (excluding diaryl/α,β-unsaturated/α-hetero) is 1. The zero-order valence-electron chi connectivity index (χ0n) is 9.47.